The molecule has 0 aliphatic rings. The molecule has 6 nitrogen and oxygen atoms in total. The minimum Gasteiger partial charge on any atom is -0.493 e. The van der Waals surface area contributed by atoms with Crippen LogP contribution in [0.15, 0.2) is 34.9 Å². The minimum atomic E-state index is -0.171. The van der Waals surface area contributed by atoms with Crippen LogP contribution in [-0.2, 0) is 6.54 Å². The molecule has 0 fully saturated rings. The Morgan fingerprint density at radius 1 is 1.14 bits per heavy atom. The molecular formula is C16H19NO5. The van der Waals surface area contributed by atoms with Crippen molar-refractivity contribution < 1.29 is 23.4 Å². The van der Waals surface area contributed by atoms with Crippen LogP contribution in [0.3, 0.4) is 0 Å². The van der Waals surface area contributed by atoms with Crippen LogP contribution in [-0.4, -0.2) is 39.2 Å². The van der Waals surface area contributed by atoms with Crippen LogP contribution in [0, 0.1) is 0 Å². The summed E-state index contributed by atoms with van der Waals surface area (Å²) in [4.78, 5) is 14.1. The van der Waals surface area contributed by atoms with Gasteiger partial charge < -0.3 is 23.5 Å². The molecule has 0 saturated heterocycles. The molecule has 1 amide bonds. The quantitative estimate of drug-likeness (QED) is 0.821. The topological polar surface area (TPSA) is 61.1 Å². The predicted octanol–water partition coefficient (Wildman–Crippen LogP) is 2.58. The van der Waals surface area contributed by atoms with Crippen LogP contribution >= 0.6 is 0 Å². The van der Waals surface area contributed by atoms with E-state index in [1.165, 1.54) is 21.3 Å². The van der Waals surface area contributed by atoms with E-state index < -0.39 is 0 Å². The van der Waals surface area contributed by atoms with Gasteiger partial charge in [-0.2, -0.15) is 0 Å². The van der Waals surface area contributed by atoms with E-state index in [2.05, 4.69) is 0 Å². The molecule has 1 aromatic carbocycles. The van der Waals surface area contributed by atoms with E-state index in [9.17, 15) is 4.79 Å². The average molecular weight is 305 g/mol. The SMILES string of the molecule is COc1cc(C(=O)N(C)Cc2ccco2)cc(OC)c1OC. The van der Waals surface area contributed by atoms with Crippen molar-refractivity contribution in [2.45, 2.75) is 6.54 Å². The fourth-order valence-electron chi connectivity index (χ4n) is 2.13. The summed E-state index contributed by atoms with van der Waals surface area (Å²) >= 11 is 0. The van der Waals surface area contributed by atoms with Crippen molar-refractivity contribution >= 4 is 5.91 Å². The Morgan fingerprint density at radius 2 is 1.77 bits per heavy atom. The monoisotopic (exact) mass is 305 g/mol. The zero-order chi connectivity index (χ0) is 16.1. The lowest BCUT2D eigenvalue weighted by atomic mass is 10.1. The fourth-order valence-corrected chi connectivity index (χ4v) is 2.13. The van der Waals surface area contributed by atoms with Crippen molar-refractivity contribution in [3.8, 4) is 17.2 Å². The van der Waals surface area contributed by atoms with Crippen LogP contribution in [0.4, 0.5) is 0 Å². The molecule has 1 heterocycles. The van der Waals surface area contributed by atoms with Gasteiger partial charge in [-0.3, -0.25) is 4.79 Å². The van der Waals surface area contributed by atoms with Gasteiger partial charge in [0.15, 0.2) is 11.5 Å². The molecule has 2 aromatic rings. The Balaban J connectivity index is 2.28. The number of hydrogen-bond donors (Lipinski definition) is 0. The van der Waals surface area contributed by atoms with Crippen molar-refractivity contribution in [3.63, 3.8) is 0 Å². The molecule has 0 N–H and O–H groups in total. The van der Waals surface area contributed by atoms with Gasteiger partial charge in [0.05, 0.1) is 34.1 Å². The molecule has 22 heavy (non-hydrogen) atoms. The number of rotatable bonds is 6. The molecule has 0 bridgehead atoms. The highest BCUT2D eigenvalue weighted by atomic mass is 16.5. The molecule has 0 spiro atoms. The molecule has 0 aliphatic carbocycles. The maximum atomic E-state index is 12.5. The van der Waals surface area contributed by atoms with Gasteiger partial charge in [0.1, 0.15) is 5.76 Å². The second-order valence-electron chi connectivity index (χ2n) is 4.65. The Kier molecular flexibility index (Phi) is 4.93. The summed E-state index contributed by atoms with van der Waals surface area (Å²) in [5.74, 6) is 1.88. The number of methoxy groups -OCH3 is 3. The third kappa shape index (κ3) is 3.16. The van der Waals surface area contributed by atoms with Gasteiger partial charge in [0.25, 0.3) is 5.91 Å². The maximum Gasteiger partial charge on any atom is 0.254 e. The molecule has 0 radical (unpaired) electrons. The van der Waals surface area contributed by atoms with E-state index in [1.807, 2.05) is 6.07 Å². The number of amides is 1. The number of carbonyl (C=O) groups is 1. The molecule has 0 saturated carbocycles. The van der Waals surface area contributed by atoms with Gasteiger partial charge in [-0.15, -0.1) is 0 Å². The second kappa shape index (κ2) is 6.89. The summed E-state index contributed by atoms with van der Waals surface area (Å²) in [5, 5.41) is 0. The molecular weight excluding hydrogens is 286 g/mol. The van der Waals surface area contributed by atoms with E-state index in [0.717, 1.165) is 0 Å². The molecule has 0 aliphatic heterocycles. The van der Waals surface area contributed by atoms with Crippen LogP contribution in [0.2, 0.25) is 0 Å². The van der Waals surface area contributed by atoms with E-state index in [4.69, 9.17) is 18.6 Å². The second-order valence-corrected chi connectivity index (χ2v) is 4.65. The van der Waals surface area contributed by atoms with Crippen LogP contribution in [0.1, 0.15) is 16.1 Å². The number of carbonyl (C=O) groups excluding carboxylic acids is 1. The van der Waals surface area contributed by atoms with E-state index >= 15 is 0 Å². The van der Waals surface area contributed by atoms with Gasteiger partial charge in [0, 0.05) is 12.6 Å². The predicted molar refractivity (Wildman–Crippen MR) is 80.6 cm³/mol. The highest BCUT2D eigenvalue weighted by molar-refractivity contribution is 5.95. The summed E-state index contributed by atoms with van der Waals surface area (Å²) in [6, 6.07) is 6.86. The van der Waals surface area contributed by atoms with Crippen molar-refractivity contribution in [3.05, 3.63) is 41.9 Å². The number of nitrogens with zero attached hydrogens (tertiary/aromatic N) is 1. The Labute approximate surface area is 129 Å². The van der Waals surface area contributed by atoms with Gasteiger partial charge in [0.2, 0.25) is 5.75 Å². The van der Waals surface area contributed by atoms with Crippen molar-refractivity contribution in [1.82, 2.24) is 4.90 Å². The van der Waals surface area contributed by atoms with Crippen LogP contribution in [0.25, 0.3) is 0 Å². The highest BCUT2D eigenvalue weighted by Crippen LogP contribution is 2.38. The molecule has 0 unspecified atom stereocenters. The summed E-state index contributed by atoms with van der Waals surface area (Å²) in [6.07, 6.45) is 1.58. The van der Waals surface area contributed by atoms with Crippen molar-refractivity contribution in [2.75, 3.05) is 28.4 Å². The largest absolute Gasteiger partial charge is 0.493 e. The Morgan fingerprint density at radius 3 is 2.23 bits per heavy atom. The molecule has 2 rings (SSSR count). The lowest BCUT2D eigenvalue weighted by molar-refractivity contribution is 0.0774. The minimum absolute atomic E-state index is 0.171. The number of ether oxygens (including phenoxy) is 3. The average Bonchev–Trinajstić information content (AvgIpc) is 3.05. The van der Waals surface area contributed by atoms with E-state index in [0.29, 0.717) is 35.1 Å². The number of furan rings is 1. The highest BCUT2D eigenvalue weighted by Gasteiger charge is 2.19. The number of benzene rings is 1. The first-order valence-electron chi connectivity index (χ1n) is 6.68. The first-order chi connectivity index (χ1) is 10.6. The normalized spacial score (nSPS) is 10.2. The maximum absolute atomic E-state index is 12.5. The van der Waals surface area contributed by atoms with E-state index in [1.54, 1.807) is 36.4 Å². The van der Waals surface area contributed by atoms with Crippen molar-refractivity contribution in [1.29, 1.82) is 0 Å². The van der Waals surface area contributed by atoms with Gasteiger partial charge >= 0.3 is 0 Å². The third-order valence-electron chi connectivity index (χ3n) is 3.23. The summed E-state index contributed by atoms with van der Waals surface area (Å²) in [5.41, 5.74) is 0.448. The van der Waals surface area contributed by atoms with Crippen LogP contribution < -0.4 is 14.2 Å². The molecule has 6 heteroatoms. The zero-order valence-corrected chi connectivity index (χ0v) is 13.1. The summed E-state index contributed by atoms with van der Waals surface area (Å²) in [7, 11) is 6.25. The summed E-state index contributed by atoms with van der Waals surface area (Å²) in [6.45, 7) is 0.377. The first-order valence-corrected chi connectivity index (χ1v) is 6.68. The smallest absolute Gasteiger partial charge is 0.254 e. The molecule has 1 aromatic heterocycles. The molecule has 118 valence electrons. The van der Waals surface area contributed by atoms with E-state index in [-0.39, 0.29) is 5.91 Å². The first kappa shape index (κ1) is 15.8. The van der Waals surface area contributed by atoms with Gasteiger partial charge in [-0.05, 0) is 24.3 Å². The Bertz CT molecular complexity index is 611. The fraction of sp³-hybridized carbons (Fsp3) is 0.312. The third-order valence-corrected chi connectivity index (χ3v) is 3.23. The van der Waals surface area contributed by atoms with Gasteiger partial charge in [-0.25, -0.2) is 0 Å². The standard InChI is InChI=1S/C16H19NO5/c1-17(10-12-6-5-7-22-12)16(18)11-8-13(19-2)15(21-4)14(9-11)20-3/h5-9H,10H2,1-4H3. The molecule has 0 atom stereocenters. The summed E-state index contributed by atoms with van der Waals surface area (Å²) < 4.78 is 21.0. The Hall–Kier alpha value is -2.63. The van der Waals surface area contributed by atoms with Gasteiger partial charge in [-0.1, -0.05) is 0 Å². The van der Waals surface area contributed by atoms with Crippen molar-refractivity contribution in [2.24, 2.45) is 0 Å². The lowest BCUT2D eigenvalue weighted by Gasteiger charge is -2.18. The van der Waals surface area contributed by atoms with Crippen LogP contribution in [0.5, 0.6) is 17.2 Å². The zero-order valence-electron chi connectivity index (χ0n) is 13.1. The number of hydrogen-bond acceptors (Lipinski definition) is 5. The lowest BCUT2D eigenvalue weighted by Crippen LogP contribution is -2.26.